The Balaban J connectivity index is 2.24. The van der Waals surface area contributed by atoms with Crippen molar-refractivity contribution < 1.29 is 0 Å². The Hall–Kier alpha value is -0.940. The van der Waals surface area contributed by atoms with Crippen molar-refractivity contribution in [3.63, 3.8) is 0 Å². The Labute approximate surface area is 111 Å². The number of thiocarbonyl (C=S) groups is 1. The molecule has 0 aromatic heterocycles. The molecule has 17 heavy (non-hydrogen) atoms. The monoisotopic (exact) mass is 265 g/mol. The summed E-state index contributed by atoms with van der Waals surface area (Å²) < 4.78 is 0.606. The van der Waals surface area contributed by atoms with Crippen LogP contribution in [0, 0.1) is 0 Å². The number of thioether (sulfide) groups is 1. The van der Waals surface area contributed by atoms with E-state index < -0.39 is 0 Å². The molecular weight excluding hydrogens is 250 g/mol. The molecule has 1 unspecified atom stereocenters. The molecule has 0 radical (unpaired) electrons. The van der Waals surface area contributed by atoms with Crippen LogP contribution in [0.3, 0.4) is 0 Å². The molecule has 0 spiro atoms. The third-order valence-corrected chi connectivity index (χ3v) is 3.81. The summed E-state index contributed by atoms with van der Waals surface area (Å²) in [5, 5.41) is 11.4. The molecule has 2 rings (SSSR count). The van der Waals surface area contributed by atoms with Crippen LogP contribution in [0.15, 0.2) is 28.4 Å². The van der Waals surface area contributed by atoms with Gasteiger partial charge in [-0.25, -0.2) is 0 Å². The second-order valence-electron chi connectivity index (χ2n) is 3.75. The van der Waals surface area contributed by atoms with E-state index in [2.05, 4.69) is 47.6 Å². The third-order valence-electron chi connectivity index (χ3n) is 2.72. The predicted octanol–water partition coefficient (Wildman–Crippen LogP) is 3.99. The molecule has 0 fully saturated rings. The van der Waals surface area contributed by atoms with Gasteiger partial charge in [-0.3, -0.25) is 0 Å². The number of aryl methyl sites for hydroxylation is 2. The number of hydrogen-bond donors (Lipinski definition) is 1. The molecule has 0 saturated carbocycles. The van der Waals surface area contributed by atoms with Crippen LogP contribution in [0.4, 0.5) is 5.69 Å². The smallest absolute Gasteiger partial charge is 0.194 e. The van der Waals surface area contributed by atoms with E-state index in [-0.39, 0.29) is 5.50 Å². The molecule has 1 N–H and O–H groups in total. The zero-order valence-electron chi connectivity index (χ0n) is 9.93. The van der Waals surface area contributed by atoms with Crippen molar-refractivity contribution in [2.45, 2.75) is 32.2 Å². The van der Waals surface area contributed by atoms with Gasteiger partial charge >= 0.3 is 0 Å². The second kappa shape index (κ2) is 5.60. The van der Waals surface area contributed by atoms with E-state index in [1.807, 2.05) is 0 Å². The lowest BCUT2D eigenvalue weighted by atomic mass is 10.0. The van der Waals surface area contributed by atoms with Crippen LogP contribution >= 0.6 is 24.0 Å². The zero-order chi connectivity index (χ0) is 12.3. The fraction of sp³-hybridized carbons (Fsp3) is 0.417. The highest BCUT2D eigenvalue weighted by Gasteiger charge is 2.19. The molecule has 1 aromatic rings. The van der Waals surface area contributed by atoms with Crippen LogP contribution in [-0.2, 0) is 12.8 Å². The largest absolute Gasteiger partial charge is 0.353 e. The first-order chi connectivity index (χ1) is 8.24. The summed E-state index contributed by atoms with van der Waals surface area (Å²) in [7, 11) is 0. The molecule has 0 amide bonds. The summed E-state index contributed by atoms with van der Waals surface area (Å²) in [6.45, 7) is 4.32. The first kappa shape index (κ1) is 12.5. The minimum atomic E-state index is -0.0690. The van der Waals surface area contributed by atoms with Gasteiger partial charge in [-0.1, -0.05) is 32.0 Å². The van der Waals surface area contributed by atoms with Crippen LogP contribution in [-0.4, -0.2) is 9.82 Å². The number of azo groups is 1. The van der Waals surface area contributed by atoms with E-state index >= 15 is 0 Å². The molecular formula is C12H15N3S2. The van der Waals surface area contributed by atoms with Gasteiger partial charge in [0.2, 0.25) is 0 Å². The highest BCUT2D eigenvalue weighted by Crippen LogP contribution is 2.29. The van der Waals surface area contributed by atoms with Crippen molar-refractivity contribution in [1.29, 1.82) is 0 Å². The van der Waals surface area contributed by atoms with Gasteiger partial charge in [0.05, 0.1) is 0 Å². The maximum Gasteiger partial charge on any atom is 0.194 e. The molecule has 3 nitrogen and oxygen atoms in total. The quantitative estimate of drug-likeness (QED) is 0.836. The van der Waals surface area contributed by atoms with Gasteiger partial charge in [0.25, 0.3) is 0 Å². The van der Waals surface area contributed by atoms with Crippen molar-refractivity contribution in [2.75, 3.05) is 5.32 Å². The number of rotatable bonds is 4. The van der Waals surface area contributed by atoms with Gasteiger partial charge in [0.1, 0.15) is 0 Å². The van der Waals surface area contributed by atoms with E-state index in [0.29, 0.717) is 4.32 Å². The summed E-state index contributed by atoms with van der Waals surface area (Å²) in [6.07, 6.45) is 2.02. The molecule has 90 valence electrons. The average Bonchev–Trinajstić information content (AvgIpc) is 2.75. The minimum Gasteiger partial charge on any atom is -0.353 e. The van der Waals surface area contributed by atoms with Crippen molar-refractivity contribution in [1.82, 2.24) is 0 Å². The van der Waals surface area contributed by atoms with Gasteiger partial charge in [0, 0.05) is 5.69 Å². The molecule has 1 aliphatic rings. The van der Waals surface area contributed by atoms with E-state index in [4.69, 9.17) is 12.2 Å². The molecule has 5 heteroatoms. The number of hydrogen-bond acceptors (Lipinski definition) is 4. The van der Waals surface area contributed by atoms with Gasteiger partial charge in [0.15, 0.2) is 9.82 Å². The third kappa shape index (κ3) is 2.84. The molecule has 0 bridgehead atoms. The van der Waals surface area contributed by atoms with E-state index in [1.165, 1.54) is 28.6 Å². The Bertz CT molecular complexity index is 435. The van der Waals surface area contributed by atoms with Crippen molar-refractivity contribution >= 4 is 34.0 Å². The topological polar surface area (TPSA) is 36.8 Å². The fourth-order valence-electron chi connectivity index (χ4n) is 1.85. The lowest BCUT2D eigenvalue weighted by Crippen LogP contribution is -2.13. The maximum atomic E-state index is 5.00. The first-order valence-electron chi connectivity index (χ1n) is 5.73. The van der Waals surface area contributed by atoms with Crippen LogP contribution in [0.2, 0.25) is 0 Å². The van der Waals surface area contributed by atoms with Crippen molar-refractivity contribution in [3.8, 4) is 0 Å². The summed E-state index contributed by atoms with van der Waals surface area (Å²) in [5.41, 5.74) is 3.76. The number of anilines is 1. The van der Waals surface area contributed by atoms with Crippen LogP contribution in [0.1, 0.15) is 25.0 Å². The molecule has 1 atom stereocenters. The lowest BCUT2D eigenvalue weighted by molar-refractivity contribution is 0.973. The highest BCUT2D eigenvalue weighted by molar-refractivity contribution is 8.23. The summed E-state index contributed by atoms with van der Waals surface area (Å²) in [4.78, 5) is 0. The summed E-state index contributed by atoms with van der Waals surface area (Å²) >= 11 is 6.48. The second-order valence-corrected chi connectivity index (χ2v) is 5.47. The van der Waals surface area contributed by atoms with Gasteiger partial charge in [-0.05, 0) is 47.9 Å². The van der Waals surface area contributed by atoms with Crippen molar-refractivity contribution in [3.05, 3.63) is 29.3 Å². The SMILES string of the molecule is CCc1cccc(CC)c1NC1N=NC(=S)S1. The Morgan fingerprint density at radius 2 is 1.94 bits per heavy atom. The van der Waals surface area contributed by atoms with E-state index in [9.17, 15) is 0 Å². The van der Waals surface area contributed by atoms with Crippen LogP contribution in [0.25, 0.3) is 0 Å². The zero-order valence-corrected chi connectivity index (χ0v) is 11.6. The normalized spacial score (nSPS) is 18.7. The van der Waals surface area contributed by atoms with Gasteiger partial charge in [-0.15, -0.1) is 10.2 Å². The number of nitrogens with one attached hydrogen (secondary N) is 1. The molecule has 1 heterocycles. The highest BCUT2D eigenvalue weighted by atomic mass is 32.2. The Kier molecular flexibility index (Phi) is 4.12. The minimum absolute atomic E-state index is 0.0690. The summed E-state index contributed by atoms with van der Waals surface area (Å²) in [6, 6.07) is 6.41. The fourth-order valence-corrected chi connectivity index (χ4v) is 2.73. The van der Waals surface area contributed by atoms with E-state index in [1.54, 1.807) is 0 Å². The number of para-hydroxylation sites is 1. The number of benzene rings is 1. The van der Waals surface area contributed by atoms with Crippen LogP contribution < -0.4 is 5.32 Å². The van der Waals surface area contributed by atoms with Gasteiger partial charge < -0.3 is 5.32 Å². The maximum absolute atomic E-state index is 5.00. The summed E-state index contributed by atoms with van der Waals surface area (Å²) in [5.74, 6) is 0. The molecule has 1 aliphatic heterocycles. The Morgan fingerprint density at radius 3 is 2.41 bits per heavy atom. The van der Waals surface area contributed by atoms with Crippen molar-refractivity contribution in [2.24, 2.45) is 10.2 Å². The number of nitrogens with zero attached hydrogens (tertiary/aromatic N) is 2. The van der Waals surface area contributed by atoms with Gasteiger partial charge in [-0.2, -0.15) is 0 Å². The van der Waals surface area contributed by atoms with Crippen LogP contribution in [0.5, 0.6) is 0 Å². The average molecular weight is 265 g/mol. The van der Waals surface area contributed by atoms with E-state index in [0.717, 1.165) is 12.8 Å². The molecule has 0 aliphatic carbocycles. The standard InChI is InChI=1S/C12H15N3S2/c1-3-8-6-5-7-9(4-2)10(8)13-11-14-15-12(16)17-11/h5-7,11,13H,3-4H2,1-2H3. The Morgan fingerprint density at radius 1 is 1.29 bits per heavy atom. The predicted molar refractivity (Wildman–Crippen MR) is 77.7 cm³/mol. The lowest BCUT2D eigenvalue weighted by Gasteiger charge is -2.16. The molecule has 1 aromatic carbocycles. The first-order valence-corrected chi connectivity index (χ1v) is 7.02. The molecule has 0 saturated heterocycles.